The van der Waals surface area contributed by atoms with Gasteiger partial charge in [-0.25, -0.2) is 4.79 Å². The number of fused-ring (bicyclic) bond motifs is 7. The van der Waals surface area contributed by atoms with Crippen LogP contribution in [0.1, 0.15) is 107 Å². The lowest BCUT2D eigenvalue weighted by atomic mass is 9.33. The predicted molar refractivity (Wildman–Crippen MR) is 171 cm³/mol. The molecule has 0 aromatic rings. The normalized spacial score (nSPS) is 49.0. The van der Waals surface area contributed by atoms with E-state index in [0.717, 1.165) is 25.7 Å². The Kier molecular flexibility index (Phi) is 8.58. The van der Waals surface area contributed by atoms with Crippen molar-refractivity contribution >= 4 is 11.9 Å². The zero-order chi connectivity index (χ0) is 33.5. The lowest BCUT2D eigenvalue weighted by molar-refractivity contribution is -0.267. The maximum Gasteiger partial charge on any atom is 0.333 e. The first-order chi connectivity index (χ1) is 20.8. The molecule has 12 atom stereocenters. The third kappa shape index (κ3) is 4.58. The van der Waals surface area contributed by atoms with Crippen LogP contribution < -0.4 is 0 Å². The second-order valence-corrected chi connectivity index (χ2v) is 17.1. The van der Waals surface area contributed by atoms with E-state index in [4.69, 9.17) is 9.47 Å². The number of esters is 2. The molecule has 5 rings (SSSR count). The van der Waals surface area contributed by atoms with E-state index in [1.165, 1.54) is 12.5 Å². The molecule has 5 aliphatic rings. The minimum atomic E-state index is -1.24. The zero-order valence-corrected chi connectivity index (χ0v) is 29.0. The summed E-state index contributed by atoms with van der Waals surface area (Å²) in [4.78, 5) is 25.8. The molecule has 0 aliphatic heterocycles. The highest BCUT2D eigenvalue weighted by Gasteiger charge is 2.73. The number of ether oxygens (including phenoxy) is 2. The molecule has 0 saturated heterocycles. The van der Waals surface area contributed by atoms with Gasteiger partial charge in [-0.1, -0.05) is 59.3 Å². The topological polar surface area (TPSA) is 134 Å². The van der Waals surface area contributed by atoms with Crippen LogP contribution in [0, 0.1) is 50.2 Å². The van der Waals surface area contributed by atoms with Gasteiger partial charge < -0.3 is 29.9 Å². The lowest BCUT2D eigenvalue weighted by Crippen LogP contribution is -2.72. The summed E-state index contributed by atoms with van der Waals surface area (Å²) >= 11 is 0. The molecule has 254 valence electrons. The number of hydrogen-bond acceptors (Lipinski definition) is 8. The van der Waals surface area contributed by atoms with E-state index in [-0.39, 0.29) is 35.2 Å². The van der Waals surface area contributed by atoms with Crippen molar-refractivity contribution in [3.63, 3.8) is 0 Å². The van der Waals surface area contributed by atoms with Crippen molar-refractivity contribution in [3.8, 4) is 0 Å². The van der Waals surface area contributed by atoms with Gasteiger partial charge in [0.15, 0.2) is 0 Å². The number of allylic oxidation sites excluding steroid dienone is 3. The van der Waals surface area contributed by atoms with Gasteiger partial charge >= 0.3 is 11.9 Å². The SMILES string of the molecule is C/C=C(/C)C(=O)O[C@H]1[C@H](OC(C)=O)[C@@]2(CO)C(CC1(C)C)C1=CCC3[C@@]4(C)CC[C@H](O)[C@](C)(CO)C4CC[C@@]3(C)[C@]1(C)C[C@H]2O. The molecule has 4 fully saturated rings. The smallest absolute Gasteiger partial charge is 0.333 e. The summed E-state index contributed by atoms with van der Waals surface area (Å²) in [5, 5.41) is 45.3. The Morgan fingerprint density at radius 2 is 1.56 bits per heavy atom. The first kappa shape index (κ1) is 34.6. The Hall–Kier alpha value is -1.74. The summed E-state index contributed by atoms with van der Waals surface area (Å²) in [6.07, 6.45) is 5.70. The van der Waals surface area contributed by atoms with Crippen LogP contribution >= 0.6 is 0 Å². The third-order valence-electron chi connectivity index (χ3n) is 14.7. The van der Waals surface area contributed by atoms with Gasteiger partial charge in [-0.15, -0.1) is 0 Å². The van der Waals surface area contributed by atoms with Crippen LogP contribution in [0.2, 0.25) is 0 Å². The summed E-state index contributed by atoms with van der Waals surface area (Å²) in [6.45, 7) is 17.4. The van der Waals surface area contributed by atoms with Crippen molar-refractivity contribution in [3.05, 3.63) is 23.3 Å². The molecular formula is C37H58O8. The highest BCUT2D eigenvalue weighted by Crippen LogP contribution is 2.76. The van der Waals surface area contributed by atoms with Gasteiger partial charge in [0.05, 0.1) is 30.8 Å². The first-order valence-electron chi connectivity index (χ1n) is 17.1. The maximum atomic E-state index is 13.1. The van der Waals surface area contributed by atoms with Crippen molar-refractivity contribution in [1.82, 2.24) is 0 Å². The lowest BCUT2D eigenvalue weighted by Gasteiger charge is -2.72. The van der Waals surface area contributed by atoms with Crippen molar-refractivity contribution in [1.29, 1.82) is 0 Å². The summed E-state index contributed by atoms with van der Waals surface area (Å²) in [5.41, 5.74) is -1.46. The van der Waals surface area contributed by atoms with Crippen molar-refractivity contribution in [2.75, 3.05) is 13.2 Å². The standard InChI is InChI=1S/C37H58O8/c1-10-21(2)31(43)45-29-30(44-22(3)40)37(20-39)24(17-32(29,4)5)23-11-12-26-33(6)15-14-27(41)34(7,19-38)25(33)13-16-35(26,8)36(23,9)18-28(37)42/h10-11,24-30,38-39,41-42H,12-20H2,1-9H3/b21-10-/t24?,25?,26?,27-,28+,29-,30-,33-,34+,35+,36+,37-/m0/s1. The van der Waals surface area contributed by atoms with E-state index in [9.17, 15) is 30.0 Å². The van der Waals surface area contributed by atoms with Crippen LogP contribution in [-0.2, 0) is 19.1 Å². The molecule has 0 aromatic heterocycles. The molecule has 0 aromatic carbocycles. The van der Waals surface area contributed by atoms with Crippen LogP contribution in [0.15, 0.2) is 23.3 Å². The minimum Gasteiger partial charge on any atom is -0.458 e. The molecule has 8 nitrogen and oxygen atoms in total. The van der Waals surface area contributed by atoms with E-state index in [1.54, 1.807) is 19.9 Å². The predicted octanol–water partition coefficient (Wildman–Crippen LogP) is 5.11. The number of carbonyl (C=O) groups excluding carboxylic acids is 2. The molecule has 0 amide bonds. The van der Waals surface area contributed by atoms with Crippen LogP contribution in [0.4, 0.5) is 0 Å². The molecule has 0 radical (unpaired) electrons. The Bertz CT molecular complexity index is 1270. The molecule has 0 spiro atoms. The Balaban J connectivity index is 1.63. The van der Waals surface area contributed by atoms with Gasteiger partial charge in [0, 0.05) is 23.3 Å². The van der Waals surface area contributed by atoms with E-state index in [2.05, 4.69) is 33.8 Å². The van der Waals surface area contributed by atoms with Crippen molar-refractivity contribution < 1.29 is 39.5 Å². The Morgan fingerprint density at radius 1 is 0.889 bits per heavy atom. The highest BCUT2D eigenvalue weighted by molar-refractivity contribution is 5.87. The Labute approximate surface area is 269 Å². The molecule has 3 unspecified atom stereocenters. The van der Waals surface area contributed by atoms with Gasteiger partial charge in [-0.2, -0.15) is 0 Å². The van der Waals surface area contributed by atoms with E-state index in [1.807, 2.05) is 13.8 Å². The molecule has 0 bridgehead atoms. The summed E-state index contributed by atoms with van der Waals surface area (Å²) < 4.78 is 12.1. The minimum absolute atomic E-state index is 0.0397. The molecule has 5 aliphatic carbocycles. The molecule has 8 heteroatoms. The van der Waals surface area contributed by atoms with Crippen LogP contribution in [0.3, 0.4) is 0 Å². The second-order valence-electron chi connectivity index (χ2n) is 17.1. The average Bonchev–Trinajstić information content (AvgIpc) is 2.96. The fourth-order valence-corrected chi connectivity index (χ4v) is 11.8. The summed E-state index contributed by atoms with van der Waals surface area (Å²) in [6, 6.07) is 0. The van der Waals surface area contributed by atoms with Gasteiger partial charge in [-0.3, -0.25) is 4.79 Å². The van der Waals surface area contributed by atoms with Gasteiger partial charge in [-0.05, 0) is 92.8 Å². The molecule has 4 N–H and O–H groups in total. The second kappa shape index (κ2) is 11.2. The molecule has 4 saturated carbocycles. The molecule has 45 heavy (non-hydrogen) atoms. The number of aliphatic hydroxyl groups is 4. The third-order valence-corrected chi connectivity index (χ3v) is 14.7. The van der Waals surface area contributed by atoms with Crippen molar-refractivity contribution in [2.45, 2.75) is 132 Å². The first-order valence-corrected chi connectivity index (χ1v) is 17.1. The van der Waals surface area contributed by atoms with Crippen LogP contribution in [0.5, 0.6) is 0 Å². The molecular weight excluding hydrogens is 572 g/mol. The van der Waals surface area contributed by atoms with E-state index in [0.29, 0.717) is 24.8 Å². The maximum absolute atomic E-state index is 13.1. The average molecular weight is 631 g/mol. The number of rotatable bonds is 5. The number of carbonyl (C=O) groups is 2. The van der Waals surface area contributed by atoms with Gasteiger partial charge in [0.25, 0.3) is 0 Å². The van der Waals surface area contributed by atoms with E-state index >= 15 is 0 Å². The quantitative estimate of drug-likeness (QED) is 0.187. The molecule has 0 heterocycles. The number of aliphatic hydroxyl groups excluding tert-OH is 4. The fraction of sp³-hybridized carbons (Fsp3) is 0.838. The van der Waals surface area contributed by atoms with Crippen LogP contribution in [-0.4, -0.2) is 70.0 Å². The van der Waals surface area contributed by atoms with Crippen LogP contribution in [0.25, 0.3) is 0 Å². The Morgan fingerprint density at radius 3 is 2.13 bits per heavy atom. The summed E-state index contributed by atoms with van der Waals surface area (Å²) in [5.74, 6) is -0.885. The summed E-state index contributed by atoms with van der Waals surface area (Å²) in [7, 11) is 0. The van der Waals surface area contributed by atoms with Crippen molar-refractivity contribution in [2.24, 2.45) is 50.2 Å². The van der Waals surface area contributed by atoms with E-state index < -0.39 is 64.6 Å². The largest absolute Gasteiger partial charge is 0.458 e. The highest BCUT2D eigenvalue weighted by atomic mass is 16.6. The van der Waals surface area contributed by atoms with Gasteiger partial charge in [0.2, 0.25) is 0 Å². The number of hydrogen-bond donors (Lipinski definition) is 4. The monoisotopic (exact) mass is 630 g/mol. The zero-order valence-electron chi connectivity index (χ0n) is 29.0. The van der Waals surface area contributed by atoms with Gasteiger partial charge in [0.1, 0.15) is 12.2 Å². The fourth-order valence-electron chi connectivity index (χ4n) is 11.8.